The molecule has 2 aromatic carbocycles. The topological polar surface area (TPSA) is 61.4 Å². The number of nitrogens with zero attached hydrogens (tertiary/aromatic N) is 1. The first-order valence-corrected chi connectivity index (χ1v) is 8.81. The van der Waals surface area contributed by atoms with E-state index in [0.29, 0.717) is 15.7 Å². The average Bonchev–Trinajstić information content (AvgIpc) is 2.54. The second kappa shape index (κ2) is 9.03. The molecule has 138 valence electrons. The van der Waals surface area contributed by atoms with Gasteiger partial charge in [0.15, 0.2) is 0 Å². The van der Waals surface area contributed by atoms with Gasteiger partial charge in [0.05, 0.1) is 23.8 Å². The van der Waals surface area contributed by atoms with Crippen molar-refractivity contribution >= 4 is 46.4 Å². The molecule has 2 amide bonds. The van der Waals surface area contributed by atoms with Crippen molar-refractivity contribution in [1.82, 2.24) is 4.90 Å². The third-order valence-corrected chi connectivity index (χ3v) is 4.46. The predicted molar refractivity (Wildman–Crippen MR) is 107 cm³/mol. The van der Waals surface area contributed by atoms with Crippen LogP contribution in [-0.2, 0) is 9.59 Å². The number of rotatable bonds is 6. The Morgan fingerprint density at radius 2 is 1.58 bits per heavy atom. The van der Waals surface area contributed by atoms with Crippen LogP contribution in [0.1, 0.15) is 11.1 Å². The van der Waals surface area contributed by atoms with Gasteiger partial charge in [-0.25, -0.2) is 0 Å². The molecule has 0 atom stereocenters. The minimum absolute atomic E-state index is 0.0547. The monoisotopic (exact) mass is 393 g/mol. The summed E-state index contributed by atoms with van der Waals surface area (Å²) < 4.78 is 0. The smallest absolute Gasteiger partial charge is 0.238 e. The molecule has 0 saturated carbocycles. The summed E-state index contributed by atoms with van der Waals surface area (Å²) >= 11 is 11.9. The van der Waals surface area contributed by atoms with Crippen molar-refractivity contribution in [3.63, 3.8) is 0 Å². The minimum Gasteiger partial charge on any atom is -0.325 e. The number of benzene rings is 2. The van der Waals surface area contributed by atoms with E-state index in [4.69, 9.17) is 23.2 Å². The van der Waals surface area contributed by atoms with E-state index in [1.54, 1.807) is 30.1 Å². The Morgan fingerprint density at radius 3 is 2.19 bits per heavy atom. The van der Waals surface area contributed by atoms with Gasteiger partial charge in [-0.1, -0.05) is 35.3 Å². The maximum atomic E-state index is 12.2. The highest BCUT2D eigenvalue weighted by Crippen LogP contribution is 2.25. The van der Waals surface area contributed by atoms with Gasteiger partial charge in [0.2, 0.25) is 11.8 Å². The van der Waals surface area contributed by atoms with Crippen molar-refractivity contribution in [2.24, 2.45) is 0 Å². The number of nitrogens with one attached hydrogen (secondary N) is 2. The molecule has 0 fully saturated rings. The van der Waals surface area contributed by atoms with Gasteiger partial charge in [0, 0.05) is 10.7 Å². The van der Waals surface area contributed by atoms with E-state index in [9.17, 15) is 9.59 Å². The molecule has 0 saturated heterocycles. The van der Waals surface area contributed by atoms with Gasteiger partial charge in [0.1, 0.15) is 0 Å². The number of amides is 2. The molecule has 0 heterocycles. The number of hydrogen-bond donors (Lipinski definition) is 2. The van der Waals surface area contributed by atoms with E-state index >= 15 is 0 Å². The number of carbonyl (C=O) groups excluding carboxylic acids is 2. The quantitative estimate of drug-likeness (QED) is 0.775. The van der Waals surface area contributed by atoms with E-state index in [2.05, 4.69) is 10.6 Å². The first-order valence-electron chi connectivity index (χ1n) is 8.06. The van der Waals surface area contributed by atoms with Gasteiger partial charge >= 0.3 is 0 Å². The fraction of sp³-hybridized carbons (Fsp3) is 0.263. The van der Waals surface area contributed by atoms with Crippen LogP contribution in [-0.4, -0.2) is 36.9 Å². The zero-order valence-corrected chi connectivity index (χ0v) is 16.4. The summed E-state index contributed by atoms with van der Waals surface area (Å²) in [5.41, 5.74) is 3.39. The molecule has 5 nitrogen and oxygen atoms in total. The van der Waals surface area contributed by atoms with Gasteiger partial charge < -0.3 is 10.6 Å². The molecule has 26 heavy (non-hydrogen) atoms. The molecule has 7 heteroatoms. The maximum absolute atomic E-state index is 12.2. The zero-order valence-electron chi connectivity index (χ0n) is 14.9. The maximum Gasteiger partial charge on any atom is 0.238 e. The molecule has 0 bridgehead atoms. The second-order valence-electron chi connectivity index (χ2n) is 6.14. The lowest BCUT2D eigenvalue weighted by molar-refractivity contribution is -0.119. The molecule has 0 radical (unpaired) electrons. The van der Waals surface area contributed by atoms with Crippen molar-refractivity contribution in [3.05, 3.63) is 57.6 Å². The highest BCUT2D eigenvalue weighted by atomic mass is 35.5. The largest absolute Gasteiger partial charge is 0.325 e. The number of halogens is 2. The molecule has 2 rings (SSSR count). The Kier molecular flexibility index (Phi) is 7.03. The third-order valence-electron chi connectivity index (χ3n) is 3.91. The summed E-state index contributed by atoms with van der Waals surface area (Å²) in [6.45, 7) is 4.09. The number of hydrogen-bond acceptors (Lipinski definition) is 3. The summed E-state index contributed by atoms with van der Waals surface area (Å²) in [5, 5.41) is 6.43. The molecule has 0 aromatic heterocycles. The Hall–Kier alpha value is -2.08. The zero-order chi connectivity index (χ0) is 19.3. The Bertz CT molecular complexity index is 824. The van der Waals surface area contributed by atoms with Gasteiger partial charge in [-0.15, -0.1) is 0 Å². The van der Waals surface area contributed by atoms with E-state index in [1.165, 1.54) is 0 Å². The Morgan fingerprint density at radius 1 is 0.962 bits per heavy atom. The summed E-state index contributed by atoms with van der Waals surface area (Å²) in [4.78, 5) is 25.9. The fourth-order valence-corrected chi connectivity index (χ4v) is 2.86. The normalized spacial score (nSPS) is 10.7. The van der Waals surface area contributed by atoms with Crippen LogP contribution in [0.25, 0.3) is 0 Å². The van der Waals surface area contributed by atoms with E-state index in [0.717, 1.165) is 16.8 Å². The minimum atomic E-state index is -0.267. The third kappa shape index (κ3) is 5.73. The molecule has 2 aromatic rings. The highest BCUT2D eigenvalue weighted by molar-refractivity contribution is 6.36. The van der Waals surface area contributed by atoms with Crippen LogP contribution in [0.2, 0.25) is 10.0 Å². The van der Waals surface area contributed by atoms with Crippen LogP contribution in [0.4, 0.5) is 11.4 Å². The lowest BCUT2D eigenvalue weighted by Gasteiger charge is -2.17. The summed E-state index contributed by atoms with van der Waals surface area (Å²) in [6, 6.07) is 10.6. The number of anilines is 2. The summed E-state index contributed by atoms with van der Waals surface area (Å²) in [7, 11) is 1.70. The van der Waals surface area contributed by atoms with Gasteiger partial charge in [-0.05, 0) is 56.3 Å². The van der Waals surface area contributed by atoms with Crippen LogP contribution in [0.3, 0.4) is 0 Å². The van der Waals surface area contributed by atoms with Gasteiger partial charge in [-0.3, -0.25) is 14.5 Å². The Labute approximate surface area is 163 Å². The SMILES string of the molecule is Cc1cccc(NC(=O)CN(C)CC(=O)Nc2ccc(Cl)cc2Cl)c1C. The molecule has 0 aliphatic rings. The lowest BCUT2D eigenvalue weighted by atomic mass is 10.1. The molecular formula is C19H21Cl2N3O2. The molecule has 0 unspecified atom stereocenters. The van der Waals surface area contributed by atoms with Crippen LogP contribution >= 0.6 is 23.2 Å². The van der Waals surface area contributed by atoms with E-state index in [1.807, 2.05) is 32.0 Å². The lowest BCUT2D eigenvalue weighted by Crippen LogP contribution is -2.36. The van der Waals surface area contributed by atoms with Crippen LogP contribution in [0.15, 0.2) is 36.4 Å². The summed E-state index contributed by atoms with van der Waals surface area (Å²) in [5.74, 6) is -0.449. The van der Waals surface area contributed by atoms with Crippen LogP contribution < -0.4 is 10.6 Å². The Balaban J connectivity index is 1.87. The van der Waals surface area contributed by atoms with Crippen LogP contribution in [0.5, 0.6) is 0 Å². The van der Waals surface area contributed by atoms with Crippen molar-refractivity contribution in [2.45, 2.75) is 13.8 Å². The number of carbonyl (C=O) groups is 2. The first kappa shape index (κ1) is 20.2. The van der Waals surface area contributed by atoms with Crippen molar-refractivity contribution in [1.29, 1.82) is 0 Å². The van der Waals surface area contributed by atoms with Crippen LogP contribution in [0, 0.1) is 13.8 Å². The molecular weight excluding hydrogens is 373 g/mol. The fourth-order valence-electron chi connectivity index (χ4n) is 2.40. The molecule has 0 aliphatic heterocycles. The first-order chi connectivity index (χ1) is 12.3. The predicted octanol–water partition coefficient (Wildman–Crippen LogP) is 4.12. The molecule has 0 aliphatic carbocycles. The molecule has 2 N–H and O–H groups in total. The average molecular weight is 394 g/mol. The number of aryl methyl sites for hydroxylation is 1. The number of likely N-dealkylation sites (N-methyl/N-ethyl adjacent to an activating group) is 1. The molecule has 0 spiro atoms. The van der Waals surface area contributed by atoms with E-state index in [-0.39, 0.29) is 24.9 Å². The standard InChI is InChI=1S/C19H21Cl2N3O2/c1-12-5-4-6-16(13(12)2)22-18(25)10-24(3)11-19(26)23-17-8-7-14(20)9-15(17)21/h4-9H,10-11H2,1-3H3,(H,22,25)(H,23,26). The van der Waals surface area contributed by atoms with Crippen molar-refractivity contribution in [2.75, 3.05) is 30.8 Å². The van der Waals surface area contributed by atoms with Gasteiger partial charge in [-0.2, -0.15) is 0 Å². The van der Waals surface area contributed by atoms with Crippen molar-refractivity contribution < 1.29 is 9.59 Å². The van der Waals surface area contributed by atoms with Crippen molar-refractivity contribution in [3.8, 4) is 0 Å². The van der Waals surface area contributed by atoms with Gasteiger partial charge in [0.25, 0.3) is 0 Å². The van der Waals surface area contributed by atoms with E-state index < -0.39 is 0 Å². The highest BCUT2D eigenvalue weighted by Gasteiger charge is 2.13. The summed E-state index contributed by atoms with van der Waals surface area (Å²) in [6.07, 6.45) is 0. The second-order valence-corrected chi connectivity index (χ2v) is 6.98.